The molecule has 3 amide bonds. The van der Waals surface area contributed by atoms with Crippen molar-refractivity contribution in [2.24, 2.45) is 11.3 Å². The minimum absolute atomic E-state index is 0.0174. The van der Waals surface area contributed by atoms with E-state index >= 15 is 0 Å². The van der Waals surface area contributed by atoms with Gasteiger partial charge >= 0.3 is 0 Å². The summed E-state index contributed by atoms with van der Waals surface area (Å²) in [5.41, 5.74) is 9.32. The summed E-state index contributed by atoms with van der Waals surface area (Å²) in [6.45, 7) is 12.3. The number of amides is 3. The lowest BCUT2D eigenvalue weighted by molar-refractivity contribution is -0.144. The average Bonchev–Trinajstić information content (AvgIpc) is 3.94. The monoisotopic (exact) mass is 1120 g/mol. The Morgan fingerprint density at radius 3 is 2.38 bits per heavy atom. The number of rotatable bonds is 12. The first kappa shape index (κ1) is 52.1. The molecule has 5 fully saturated rings. The second-order valence-electron chi connectivity index (χ2n) is 24.2. The van der Waals surface area contributed by atoms with Crippen LogP contribution in [0.2, 0.25) is 0 Å². The van der Waals surface area contributed by atoms with Crippen molar-refractivity contribution in [3.63, 3.8) is 0 Å². The van der Waals surface area contributed by atoms with Crippen molar-refractivity contribution < 1.29 is 19.5 Å². The molecular formula is C60H71BrN10O5S. The molecule has 1 spiro atoms. The fraction of sp³-hybridized carbons (Fsp3) is 0.533. The third-order valence-corrected chi connectivity index (χ3v) is 19.7. The van der Waals surface area contributed by atoms with Crippen molar-refractivity contribution in [1.29, 1.82) is 0 Å². The van der Waals surface area contributed by atoms with E-state index in [4.69, 9.17) is 4.98 Å². The summed E-state index contributed by atoms with van der Waals surface area (Å²) in [6, 6.07) is 18.8. The van der Waals surface area contributed by atoms with Crippen LogP contribution in [0.25, 0.3) is 27.0 Å². The van der Waals surface area contributed by atoms with Crippen LogP contribution >= 0.6 is 27.3 Å². The Bertz CT molecular complexity index is 3270. The summed E-state index contributed by atoms with van der Waals surface area (Å²) in [4.78, 5) is 73.7. The molecule has 6 aliphatic rings. The molecule has 4 atom stereocenters. The number of carbonyl (C=O) groups excluding carboxylic acids is 3. The molecule has 77 heavy (non-hydrogen) atoms. The van der Waals surface area contributed by atoms with Crippen molar-refractivity contribution >= 4 is 55.9 Å². The molecule has 6 aromatic rings. The quantitative estimate of drug-likeness (QED) is 0.120. The molecule has 17 heteroatoms. The van der Waals surface area contributed by atoms with E-state index in [-0.39, 0.29) is 42.2 Å². The Morgan fingerprint density at radius 2 is 1.68 bits per heavy atom. The van der Waals surface area contributed by atoms with Crippen molar-refractivity contribution in [1.82, 2.24) is 49.5 Å². The van der Waals surface area contributed by atoms with Crippen LogP contribution in [0.4, 0.5) is 0 Å². The maximum Gasteiger partial charge on any atom is 0.281 e. The molecule has 7 heterocycles. The van der Waals surface area contributed by atoms with Crippen LogP contribution in [0, 0.1) is 18.3 Å². The second kappa shape index (κ2) is 20.9. The van der Waals surface area contributed by atoms with Crippen LogP contribution in [-0.4, -0.2) is 118 Å². The molecule has 0 bridgehead atoms. The van der Waals surface area contributed by atoms with Gasteiger partial charge < -0.3 is 25.1 Å². The number of piperidine rings is 2. The molecule has 3 saturated heterocycles. The lowest BCUT2D eigenvalue weighted by atomic mass is 9.69. The number of aliphatic hydroxyl groups excluding tert-OH is 1. The van der Waals surface area contributed by atoms with E-state index in [0.29, 0.717) is 36.2 Å². The highest BCUT2D eigenvalue weighted by Crippen LogP contribution is 2.52. The number of hydrogen-bond acceptors (Lipinski definition) is 11. The summed E-state index contributed by atoms with van der Waals surface area (Å²) in [5, 5.41) is 23.7. The maximum atomic E-state index is 14.6. The van der Waals surface area contributed by atoms with Gasteiger partial charge in [0.25, 0.3) is 5.56 Å². The summed E-state index contributed by atoms with van der Waals surface area (Å²) in [6.07, 6.45) is 12.8. The van der Waals surface area contributed by atoms with Gasteiger partial charge in [0.2, 0.25) is 17.7 Å². The molecule has 3 aromatic heterocycles. The van der Waals surface area contributed by atoms with E-state index in [9.17, 15) is 24.3 Å². The van der Waals surface area contributed by atoms with E-state index in [1.54, 1.807) is 16.0 Å². The number of thiazole rings is 1. The topological polar surface area (TPSA) is 172 Å². The van der Waals surface area contributed by atoms with Crippen LogP contribution in [0.5, 0.6) is 0 Å². The third-order valence-electron chi connectivity index (χ3n) is 18.0. The van der Waals surface area contributed by atoms with Crippen LogP contribution in [0.1, 0.15) is 162 Å². The number of aromatic nitrogens is 6. The van der Waals surface area contributed by atoms with E-state index in [0.717, 1.165) is 127 Å². The number of benzene rings is 3. The Morgan fingerprint density at radius 1 is 0.922 bits per heavy atom. The first-order valence-electron chi connectivity index (χ1n) is 28.2. The zero-order valence-corrected chi connectivity index (χ0v) is 47.2. The molecule has 12 rings (SSSR count). The molecule has 15 nitrogen and oxygen atoms in total. The molecule has 0 radical (unpaired) electrons. The Hall–Kier alpha value is -5.62. The van der Waals surface area contributed by atoms with Gasteiger partial charge in [0.1, 0.15) is 17.9 Å². The highest BCUT2D eigenvalue weighted by atomic mass is 79.9. The summed E-state index contributed by atoms with van der Waals surface area (Å²) in [7, 11) is 0. The number of aliphatic hydroxyl groups is 1. The first-order valence-corrected chi connectivity index (χ1v) is 29.9. The lowest BCUT2D eigenvalue weighted by Gasteiger charge is -2.38. The van der Waals surface area contributed by atoms with Crippen molar-refractivity contribution in [2.45, 2.75) is 153 Å². The van der Waals surface area contributed by atoms with Gasteiger partial charge in [0, 0.05) is 49.2 Å². The van der Waals surface area contributed by atoms with Crippen LogP contribution in [0.3, 0.4) is 0 Å². The number of β-amino-alcohol motifs (C(OH)–C–C–N with tert-alkyl or cyclic N) is 1. The van der Waals surface area contributed by atoms with Gasteiger partial charge in [0.05, 0.1) is 62.3 Å². The van der Waals surface area contributed by atoms with Gasteiger partial charge in [-0.1, -0.05) is 87.7 Å². The van der Waals surface area contributed by atoms with E-state index < -0.39 is 35.6 Å². The molecule has 404 valence electrons. The highest BCUT2D eigenvalue weighted by molar-refractivity contribution is 9.10. The summed E-state index contributed by atoms with van der Waals surface area (Å²) in [5.74, 6) is 1.50. The second-order valence-corrected chi connectivity index (χ2v) is 26.0. The Kier molecular flexibility index (Phi) is 14.1. The van der Waals surface area contributed by atoms with Gasteiger partial charge in [-0.05, 0) is 145 Å². The minimum atomic E-state index is -0.930. The van der Waals surface area contributed by atoms with E-state index in [1.165, 1.54) is 28.1 Å². The molecule has 2 aliphatic carbocycles. The largest absolute Gasteiger partial charge is 0.391 e. The van der Waals surface area contributed by atoms with Crippen LogP contribution in [0.15, 0.2) is 81.6 Å². The van der Waals surface area contributed by atoms with E-state index in [1.807, 2.05) is 80.7 Å². The maximum absolute atomic E-state index is 14.6. The minimum Gasteiger partial charge on any atom is -0.391 e. The number of carbonyl (C=O) groups is 3. The summed E-state index contributed by atoms with van der Waals surface area (Å²) < 4.78 is 4.73. The van der Waals surface area contributed by atoms with Gasteiger partial charge in [0.15, 0.2) is 0 Å². The fourth-order valence-corrected chi connectivity index (χ4v) is 15.1. The first-order chi connectivity index (χ1) is 37.1. The number of nitrogens with one attached hydrogen (secondary N) is 1. The average molecular weight is 1120 g/mol. The highest BCUT2D eigenvalue weighted by Gasteiger charge is 2.48. The molecule has 2 saturated carbocycles. The molecule has 0 unspecified atom stereocenters. The smallest absolute Gasteiger partial charge is 0.281 e. The zero-order chi connectivity index (χ0) is 53.3. The zero-order valence-electron chi connectivity index (χ0n) is 44.8. The number of nitrogens with zero attached hydrogens (tertiary/aromatic N) is 9. The Labute approximate surface area is 463 Å². The molecular weight excluding hydrogens is 1050 g/mol. The normalized spacial score (nSPS) is 21.8. The predicted molar refractivity (Wildman–Crippen MR) is 301 cm³/mol. The van der Waals surface area contributed by atoms with Crippen molar-refractivity contribution in [2.75, 3.05) is 39.3 Å². The molecule has 4 aliphatic heterocycles. The van der Waals surface area contributed by atoms with Gasteiger partial charge in [-0.15, -0.1) is 16.4 Å². The number of halogens is 1. The third kappa shape index (κ3) is 10.0. The summed E-state index contributed by atoms with van der Waals surface area (Å²) >= 11 is 5.24. The number of hydrogen-bond donors (Lipinski definition) is 2. The van der Waals surface area contributed by atoms with Crippen molar-refractivity contribution in [3.8, 4) is 16.1 Å². The molecule has 3 aromatic carbocycles. The number of fused-ring (bicyclic) bond motifs is 7. The predicted octanol–water partition coefficient (Wildman–Crippen LogP) is 9.53. The van der Waals surface area contributed by atoms with Crippen LogP contribution < -0.4 is 10.9 Å². The number of likely N-dealkylation sites (tertiary alicyclic amines) is 3. The van der Waals surface area contributed by atoms with Gasteiger partial charge in [-0.3, -0.25) is 23.7 Å². The number of aryl methyl sites for hydroxylation is 1. The van der Waals surface area contributed by atoms with E-state index in [2.05, 4.69) is 70.3 Å². The van der Waals surface area contributed by atoms with Gasteiger partial charge in [-0.25, -0.2) is 9.67 Å². The fourth-order valence-electron chi connectivity index (χ4n) is 13.7. The van der Waals surface area contributed by atoms with Crippen LogP contribution in [-0.2, 0) is 19.8 Å². The van der Waals surface area contributed by atoms with Crippen molar-refractivity contribution in [3.05, 3.63) is 121 Å². The SMILES string of the molecule is Cc1ncsc1-c1ccc([C@H](CC(=O)N2CCC(CN3CCC(c4ccc5c(c4)-n4c(nc(=O)c6c(Br)cccc64)C54CCCCC4)CC3)CC2)NC(=O)[C@@H]2C[C@@H](O)CN2C(=O)[C@@H](n2cc(C3CC3)nn2)C(C)(C)C)cc1. The standard InChI is InChI=1S/C60H71BrN10O5S/c1-36-53(77-35-62-36)41-15-13-39(14-16-41)46(63-55(74)50-30-43(72)33-69(50)57(76)54(59(2,3)4)70-34-47(65-66-70)40-11-12-40)31-51(73)68-27-19-37(20-28-68)32-67-25-21-38(22-26-67)42-17-18-44-49(29-42)71-48-10-8-9-45(61)52(48)56(75)64-58(71)60(44)23-6-5-7-24-60/h8-10,13-18,29,34-35,37-38,40,43,46,50,54,72H,5-7,11-12,19-28,30-33H2,1-4H3,(H,63,74)/t43-,46+,50+,54-/m1/s1. The molecule has 2 N–H and O–H groups in total. The Balaban J connectivity index is 0.698. The lowest BCUT2D eigenvalue weighted by Crippen LogP contribution is -2.51. The van der Waals surface area contributed by atoms with Gasteiger partial charge in [-0.2, -0.15) is 4.98 Å².